The van der Waals surface area contributed by atoms with E-state index in [1.165, 1.54) is 12.1 Å². The van der Waals surface area contributed by atoms with Crippen LogP contribution in [0.2, 0.25) is 0 Å². The summed E-state index contributed by atoms with van der Waals surface area (Å²) in [5.74, 6) is 1.24. The van der Waals surface area contributed by atoms with Crippen LogP contribution in [0.4, 0.5) is 4.39 Å². The standard InChI is InChI=1S/C20H33FN4O.HI/c1-5-22-20(24-18-10-12-25(13-11-18)15(2)3)23-14-16(4)26-19-8-6-17(21)7-9-19;/h6-9,15-16,18H,5,10-14H2,1-4H3,(H2,22,23,24);1H. The van der Waals surface area contributed by atoms with Gasteiger partial charge in [0, 0.05) is 31.7 Å². The maximum atomic E-state index is 13.0. The van der Waals surface area contributed by atoms with Crippen molar-refractivity contribution in [1.82, 2.24) is 15.5 Å². The van der Waals surface area contributed by atoms with Gasteiger partial charge in [0.25, 0.3) is 0 Å². The number of hydrogen-bond donors (Lipinski definition) is 2. The van der Waals surface area contributed by atoms with Crippen molar-refractivity contribution >= 4 is 29.9 Å². The van der Waals surface area contributed by atoms with Crippen molar-refractivity contribution < 1.29 is 9.13 Å². The van der Waals surface area contributed by atoms with E-state index in [0.717, 1.165) is 38.4 Å². The third-order valence-corrected chi connectivity index (χ3v) is 4.60. The maximum Gasteiger partial charge on any atom is 0.191 e. The maximum absolute atomic E-state index is 13.0. The van der Waals surface area contributed by atoms with Gasteiger partial charge in [0.05, 0.1) is 6.54 Å². The second-order valence-electron chi connectivity index (χ2n) is 7.15. The minimum atomic E-state index is -0.259. The van der Waals surface area contributed by atoms with E-state index in [-0.39, 0.29) is 35.9 Å². The summed E-state index contributed by atoms with van der Waals surface area (Å²) in [4.78, 5) is 7.17. The zero-order valence-corrected chi connectivity index (χ0v) is 19.2. The number of rotatable bonds is 7. The molecule has 1 aromatic rings. The van der Waals surface area contributed by atoms with Gasteiger partial charge < -0.3 is 20.3 Å². The van der Waals surface area contributed by atoms with Crippen LogP contribution in [0.3, 0.4) is 0 Å². The second kappa shape index (κ2) is 12.4. The molecule has 1 atom stereocenters. The predicted octanol–water partition coefficient (Wildman–Crippen LogP) is 3.64. The van der Waals surface area contributed by atoms with Crippen LogP contribution in [0, 0.1) is 5.82 Å². The molecule has 154 valence electrons. The molecule has 1 unspecified atom stereocenters. The van der Waals surface area contributed by atoms with Crippen LogP contribution < -0.4 is 15.4 Å². The largest absolute Gasteiger partial charge is 0.489 e. The summed E-state index contributed by atoms with van der Waals surface area (Å²) >= 11 is 0. The molecule has 1 aliphatic rings. The number of ether oxygens (including phenoxy) is 1. The molecular weight excluding hydrogens is 458 g/mol. The molecule has 27 heavy (non-hydrogen) atoms. The van der Waals surface area contributed by atoms with Crippen LogP contribution in [-0.2, 0) is 0 Å². The topological polar surface area (TPSA) is 48.9 Å². The van der Waals surface area contributed by atoms with Gasteiger partial charge in [-0.1, -0.05) is 0 Å². The highest BCUT2D eigenvalue weighted by molar-refractivity contribution is 14.0. The zero-order valence-electron chi connectivity index (χ0n) is 16.9. The number of likely N-dealkylation sites (tertiary alicyclic amines) is 1. The molecule has 0 aromatic heterocycles. The zero-order chi connectivity index (χ0) is 18.9. The van der Waals surface area contributed by atoms with Crippen molar-refractivity contribution in [3.63, 3.8) is 0 Å². The van der Waals surface area contributed by atoms with Gasteiger partial charge in [-0.05, 0) is 64.8 Å². The highest BCUT2D eigenvalue weighted by Gasteiger charge is 2.21. The van der Waals surface area contributed by atoms with Gasteiger partial charge in [-0.25, -0.2) is 9.38 Å². The van der Waals surface area contributed by atoms with E-state index in [1.807, 2.05) is 6.92 Å². The number of piperidine rings is 1. The Morgan fingerprint density at radius 3 is 2.41 bits per heavy atom. The Morgan fingerprint density at radius 2 is 1.85 bits per heavy atom. The number of hydrogen-bond acceptors (Lipinski definition) is 3. The molecule has 1 aliphatic heterocycles. The molecule has 1 saturated heterocycles. The molecule has 1 fully saturated rings. The highest BCUT2D eigenvalue weighted by atomic mass is 127. The molecule has 0 radical (unpaired) electrons. The lowest BCUT2D eigenvalue weighted by molar-refractivity contribution is 0.167. The molecule has 0 saturated carbocycles. The van der Waals surface area contributed by atoms with Crippen LogP contribution in [-0.4, -0.2) is 55.2 Å². The molecule has 0 bridgehead atoms. The first-order chi connectivity index (χ1) is 12.5. The lowest BCUT2D eigenvalue weighted by Gasteiger charge is -2.35. The van der Waals surface area contributed by atoms with E-state index in [4.69, 9.17) is 4.74 Å². The molecule has 0 aliphatic carbocycles. The summed E-state index contributed by atoms with van der Waals surface area (Å²) in [6.07, 6.45) is 2.17. The minimum absolute atomic E-state index is 0. The third kappa shape index (κ3) is 8.64. The van der Waals surface area contributed by atoms with Crippen LogP contribution in [0.5, 0.6) is 5.75 Å². The number of aliphatic imine (C=N–C) groups is 1. The number of guanidine groups is 1. The fraction of sp³-hybridized carbons (Fsp3) is 0.650. The highest BCUT2D eigenvalue weighted by Crippen LogP contribution is 2.14. The van der Waals surface area contributed by atoms with Crippen molar-refractivity contribution in [3.05, 3.63) is 30.1 Å². The SMILES string of the molecule is CCNC(=NCC(C)Oc1ccc(F)cc1)NC1CCN(C(C)C)CC1.I. The quantitative estimate of drug-likeness (QED) is 0.347. The van der Waals surface area contributed by atoms with Crippen molar-refractivity contribution in [2.24, 2.45) is 4.99 Å². The van der Waals surface area contributed by atoms with Gasteiger partial charge in [-0.3, -0.25) is 0 Å². The van der Waals surface area contributed by atoms with Gasteiger partial charge in [0.2, 0.25) is 0 Å². The predicted molar refractivity (Wildman–Crippen MR) is 121 cm³/mol. The van der Waals surface area contributed by atoms with E-state index >= 15 is 0 Å². The van der Waals surface area contributed by atoms with Gasteiger partial charge in [-0.15, -0.1) is 24.0 Å². The first kappa shape index (κ1) is 23.9. The molecule has 2 rings (SSSR count). The average Bonchev–Trinajstić information content (AvgIpc) is 2.62. The third-order valence-electron chi connectivity index (χ3n) is 4.60. The van der Waals surface area contributed by atoms with Crippen LogP contribution in [0.25, 0.3) is 0 Å². The molecule has 5 nitrogen and oxygen atoms in total. The lowest BCUT2D eigenvalue weighted by Crippen LogP contribution is -2.50. The minimum Gasteiger partial charge on any atom is -0.489 e. The molecule has 0 amide bonds. The van der Waals surface area contributed by atoms with Crippen LogP contribution in [0.15, 0.2) is 29.3 Å². The van der Waals surface area contributed by atoms with E-state index < -0.39 is 0 Å². The summed E-state index contributed by atoms with van der Waals surface area (Å²) in [5, 5.41) is 6.86. The molecule has 2 N–H and O–H groups in total. The van der Waals surface area contributed by atoms with Crippen molar-refractivity contribution in [2.45, 2.75) is 58.7 Å². The van der Waals surface area contributed by atoms with Crippen LogP contribution in [0.1, 0.15) is 40.5 Å². The fourth-order valence-corrected chi connectivity index (χ4v) is 3.08. The molecule has 7 heteroatoms. The second-order valence-corrected chi connectivity index (χ2v) is 7.15. The Labute approximate surface area is 180 Å². The average molecular weight is 492 g/mol. The van der Waals surface area contributed by atoms with Crippen LogP contribution >= 0.6 is 24.0 Å². The van der Waals surface area contributed by atoms with Gasteiger partial charge >= 0.3 is 0 Å². The van der Waals surface area contributed by atoms with E-state index in [0.29, 0.717) is 24.4 Å². The number of halogens is 2. The fourth-order valence-electron chi connectivity index (χ4n) is 3.08. The first-order valence-electron chi connectivity index (χ1n) is 9.69. The number of nitrogens with one attached hydrogen (secondary N) is 2. The monoisotopic (exact) mass is 492 g/mol. The molecular formula is C20H34FIN4O. The van der Waals surface area contributed by atoms with Gasteiger partial charge in [0.15, 0.2) is 5.96 Å². The summed E-state index contributed by atoms with van der Waals surface area (Å²) < 4.78 is 18.7. The Bertz CT molecular complexity index is 560. The first-order valence-corrected chi connectivity index (χ1v) is 9.69. The van der Waals surface area contributed by atoms with Crippen molar-refractivity contribution in [2.75, 3.05) is 26.2 Å². The van der Waals surface area contributed by atoms with Gasteiger partial charge in [-0.2, -0.15) is 0 Å². The van der Waals surface area contributed by atoms with E-state index in [2.05, 4.69) is 41.3 Å². The smallest absolute Gasteiger partial charge is 0.191 e. The van der Waals surface area contributed by atoms with Crippen molar-refractivity contribution in [1.29, 1.82) is 0 Å². The number of benzene rings is 1. The Hall–Kier alpha value is -1.09. The molecule has 0 spiro atoms. The summed E-state index contributed by atoms with van der Waals surface area (Å²) in [7, 11) is 0. The Kier molecular flexibility index (Phi) is 11.0. The lowest BCUT2D eigenvalue weighted by atomic mass is 10.0. The summed E-state index contributed by atoms with van der Waals surface area (Å²) in [6, 6.07) is 7.16. The summed E-state index contributed by atoms with van der Waals surface area (Å²) in [6.45, 7) is 12.1. The Balaban J connectivity index is 0.00000364. The summed E-state index contributed by atoms with van der Waals surface area (Å²) in [5.41, 5.74) is 0. The normalized spacial score (nSPS) is 17.3. The molecule has 1 aromatic carbocycles. The van der Waals surface area contributed by atoms with E-state index in [9.17, 15) is 4.39 Å². The van der Waals surface area contributed by atoms with E-state index in [1.54, 1.807) is 12.1 Å². The van der Waals surface area contributed by atoms with Gasteiger partial charge in [0.1, 0.15) is 17.7 Å². The Morgan fingerprint density at radius 1 is 1.22 bits per heavy atom. The van der Waals surface area contributed by atoms with Crippen molar-refractivity contribution in [3.8, 4) is 5.75 Å². The number of nitrogens with zero attached hydrogens (tertiary/aromatic N) is 2. The molecule has 1 heterocycles.